The lowest BCUT2D eigenvalue weighted by atomic mass is 9.93. The molecule has 1 aromatic carbocycles. The molecule has 2 fully saturated rings. The van der Waals surface area contributed by atoms with E-state index in [2.05, 4.69) is 16.7 Å². The second-order valence-electron chi connectivity index (χ2n) is 8.27. The van der Waals surface area contributed by atoms with Gasteiger partial charge in [0.15, 0.2) is 0 Å². The number of hydrogen-bond acceptors (Lipinski definition) is 5. The van der Waals surface area contributed by atoms with Crippen LogP contribution in [0, 0.1) is 0 Å². The van der Waals surface area contributed by atoms with Crippen LogP contribution < -0.4 is 5.73 Å². The maximum Gasteiger partial charge on any atom is 0.325 e. The second kappa shape index (κ2) is 10.9. The van der Waals surface area contributed by atoms with E-state index in [-0.39, 0.29) is 12.0 Å². The van der Waals surface area contributed by atoms with E-state index in [0.29, 0.717) is 6.61 Å². The van der Waals surface area contributed by atoms with Gasteiger partial charge in [0.05, 0.1) is 12.6 Å². The summed E-state index contributed by atoms with van der Waals surface area (Å²) in [7, 11) is 0. The molecule has 2 atom stereocenters. The number of nitrogens with zero attached hydrogens (tertiary/aromatic N) is 2. The molecule has 0 spiro atoms. The van der Waals surface area contributed by atoms with Crippen molar-refractivity contribution in [3.05, 3.63) is 35.9 Å². The summed E-state index contributed by atoms with van der Waals surface area (Å²) < 4.78 is 5.61. The quantitative estimate of drug-likeness (QED) is 0.548. The van der Waals surface area contributed by atoms with Crippen molar-refractivity contribution in [2.45, 2.75) is 70.0 Å². The molecule has 0 amide bonds. The van der Waals surface area contributed by atoms with Crippen molar-refractivity contribution < 1.29 is 9.53 Å². The van der Waals surface area contributed by atoms with Crippen LogP contribution in [0.1, 0.15) is 63.5 Å². The van der Waals surface area contributed by atoms with Crippen LogP contribution in [0.15, 0.2) is 30.3 Å². The van der Waals surface area contributed by atoms with Crippen LogP contribution in [0.2, 0.25) is 0 Å². The summed E-state index contributed by atoms with van der Waals surface area (Å²) in [5, 5.41) is 0. The smallest absolute Gasteiger partial charge is 0.325 e. The third kappa shape index (κ3) is 5.56. The van der Waals surface area contributed by atoms with Gasteiger partial charge >= 0.3 is 5.97 Å². The SMILES string of the molecule is CCCCOC(=O)C([C@H](N)c1ccccc1)N1CCN(C2CCCCC2)CC1. The van der Waals surface area contributed by atoms with E-state index in [1.54, 1.807) is 0 Å². The number of carbonyl (C=O) groups excluding carboxylic acids is 1. The van der Waals surface area contributed by atoms with E-state index in [1.165, 1.54) is 32.1 Å². The first kappa shape index (κ1) is 21.3. The zero-order valence-corrected chi connectivity index (χ0v) is 17.4. The highest BCUT2D eigenvalue weighted by molar-refractivity contribution is 5.77. The van der Waals surface area contributed by atoms with Crippen LogP contribution in [0.3, 0.4) is 0 Å². The van der Waals surface area contributed by atoms with Gasteiger partial charge in [0.25, 0.3) is 0 Å². The molecular formula is C23H37N3O2. The number of benzene rings is 1. The minimum absolute atomic E-state index is 0.170. The minimum Gasteiger partial charge on any atom is -0.464 e. The van der Waals surface area contributed by atoms with Crippen LogP contribution in [0.25, 0.3) is 0 Å². The summed E-state index contributed by atoms with van der Waals surface area (Å²) in [6.07, 6.45) is 8.66. The average Bonchev–Trinajstić information content (AvgIpc) is 2.76. The molecule has 28 heavy (non-hydrogen) atoms. The number of ether oxygens (including phenoxy) is 1. The molecule has 0 aromatic heterocycles. The standard InChI is InChI=1S/C23H37N3O2/c1-2-3-18-28-23(27)22(21(24)19-10-6-4-7-11-19)26-16-14-25(15-17-26)20-12-8-5-9-13-20/h4,6-7,10-11,20-22H,2-3,5,8-9,12-18,24H2,1H3/t21-,22?/m1/s1. The van der Waals surface area contributed by atoms with Gasteiger partial charge in [-0.25, -0.2) is 0 Å². The molecule has 3 rings (SSSR count). The highest BCUT2D eigenvalue weighted by atomic mass is 16.5. The van der Waals surface area contributed by atoms with Crippen molar-refractivity contribution >= 4 is 5.97 Å². The molecule has 2 aliphatic rings. The average molecular weight is 388 g/mol. The molecule has 156 valence electrons. The van der Waals surface area contributed by atoms with Crippen molar-refractivity contribution in [1.29, 1.82) is 0 Å². The van der Waals surface area contributed by atoms with E-state index >= 15 is 0 Å². The number of piperazine rings is 1. The molecule has 1 aliphatic carbocycles. The van der Waals surface area contributed by atoms with Crippen molar-refractivity contribution in [2.75, 3.05) is 32.8 Å². The number of hydrogen-bond donors (Lipinski definition) is 1. The van der Waals surface area contributed by atoms with Gasteiger partial charge in [-0.2, -0.15) is 0 Å². The molecule has 1 heterocycles. The maximum atomic E-state index is 13.0. The Morgan fingerprint density at radius 3 is 2.43 bits per heavy atom. The Balaban J connectivity index is 1.65. The zero-order valence-electron chi connectivity index (χ0n) is 17.4. The van der Waals surface area contributed by atoms with Gasteiger partial charge in [-0.05, 0) is 24.8 Å². The van der Waals surface area contributed by atoms with Crippen LogP contribution >= 0.6 is 0 Å². The first-order valence-corrected chi connectivity index (χ1v) is 11.2. The van der Waals surface area contributed by atoms with E-state index in [9.17, 15) is 4.79 Å². The molecule has 5 heteroatoms. The summed E-state index contributed by atoms with van der Waals surface area (Å²) in [5.74, 6) is -0.170. The number of nitrogens with two attached hydrogens (primary N) is 1. The first-order valence-electron chi connectivity index (χ1n) is 11.2. The van der Waals surface area contributed by atoms with Crippen molar-refractivity contribution in [3.63, 3.8) is 0 Å². The van der Waals surface area contributed by atoms with Crippen molar-refractivity contribution in [1.82, 2.24) is 9.80 Å². The van der Waals surface area contributed by atoms with Crippen molar-refractivity contribution in [2.24, 2.45) is 5.73 Å². The van der Waals surface area contributed by atoms with Gasteiger partial charge in [-0.15, -0.1) is 0 Å². The summed E-state index contributed by atoms with van der Waals surface area (Å²) in [4.78, 5) is 17.8. The number of rotatable bonds is 8. The molecule has 1 saturated carbocycles. The molecule has 1 aliphatic heterocycles. The first-order chi connectivity index (χ1) is 13.7. The van der Waals surface area contributed by atoms with Crippen molar-refractivity contribution in [3.8, 4) is 0 Å². The lowest BCUT2D eigenvalue weighted by Gasteiger charge is -2.43. The highest BCUT2D eigenvalue weighted by Gasteiger charge is 2.36. The molecular weight excluding hydrogens is 350 g/mol. The topological polar surface area (TPSA) is 58.8 Å². The van der Waals surface area contributed by atoms with Gasteiger partial charge < -0.3 is 10.5 Å². The summed E-state index contributed by atoms with van der Waals surface area (Å²) in [5.41, 5.74) is 7.59. The zero-order chi connectivity index (χ0) is 19.8. The van der Waals surface area contributed by atoms with Crippen LogP contribution in [0.5, 0.6) is 0 Å². The van der Waals surface area contributed by atoms with Gasteiger partial charge in [0, 0.05) is 32.2 Å². The van der Waals surface area contributed by atoms with Crippen LogP contribution in [-0.2, 0) is 9.53 Å². The van der Waals surface area contributed by atoms with E-state index in [4.69, 9.17) is 10.5 Å². The molecule has 0 bridgehead atoms. The van der Waals surface area contributed by atoms with E-state index in [0.717, 1.165) is 50.6 Å². The Morgan fingerprint density at radius 1 is 1.11 bits per heavy atom. The molecule has 1 unspecified atom stereocenters. The predicted molar refractivity (Wildman–Crippen MR) is 113 cm³/mol. The third-order valence-corrected chi connectivity index (χ3v) is 6.34. The predicted octanol–water partition coefficient (Wildman–Crippen LogP) is 3.35. The summed E-state index contributed by atoms with van der Waals surface area (Å²) in [6.45, 7) is 6.38. The Labute approximate surface area is 170 Å². The number of carbonyl (C=O) groups is 1. The van der Waals surface area contributed by atoms with E-state index < -0.39 is 6.04 Å². The molecule has 1 aromatic rings. The fraction of sp³-hybridized carbons (Fsp3) is 0.696. The fourth-order valence-corrected chi connectivity index (χ4v) is 4.61. The van der Waals surface area contributed by atoms with E-state index in [1.807, 2.05) is 30.3 Å². The monoisotopic (exact) mass is 387 g/mol. The van der Waals surface area contributed by atoms with Crippen LogP contribution in [0.4, 0.5) is 0 Å². The third-order valence-electron chi connectivity index (χ3n) is 6.34. The molecule has 5 nitrogen and oxygen atoms in total. The second-order valence-corrected chi connectivity index (χ2v) is 8.27. The Kier molecular flexibility index (Phi) is 8.31. The molecule has 1 saturated heterocycles. The van der Waals surface area contributed by atoms with Gasteiger partial charge in [-0.3, -0.25) is 14.6 Å². The largest absolute Gasteiger partial charge is 0.464 e. The van der Waals surface area contributed by atoms with Gasteiger partial charge in [0.1, 0.15) is 6.04 Å². The number of esters is 1. The lowest BCUT2D eigenvalue weighted by Crippen LogP contribution is -2.58. The summed E-state index contributed by atoms with van der Waals surface area (Å²) >= 11 is 0. The molecule has 0 radical (unpaired) electrons. The Bertz CT molecular complexity index is 581. The maximum absolute atomic E-state index is 13.0. The van der Waals surface area contributed by atoms with Gasteiger partial charge in [0.2, 0.25) is 0 Å². The summed E-state index contributed by atoms with van der Waals surface area (Å²) in [6, 6.07) is 9.92. The van der Waals surface area contributed by atoms with Crippen LogP contribution in [-0.4, -0.2) is 60.6 Å². The Hall–Kier alpha value is -1.43. The number of unbranched alkanes of at least 4 members (excludes halogenated alkanes) is 1. The minimum atomic E-state index is -0.409. The fourth-order valence-electron chi connectivity index (χ4n) is 4.61. The Morgan fingerprint density at radius 2 is 1.79 bits per heavy atom. The normalized spacial score (nSPS) is 21.9. The highest BCUT2D eigenvalue weighted by Crippen LogP contribution is 2.26. The lowest BCUT2D eigenvalue weighted by molar-refractivity contribution is -0.152. The molecule has 2 N–H and O–H groups in total. The van der Waals surface area contributed by atoms with Gasteiger partial charge in [-0.1, -0.05) is 62.9 Å².